The maximum atomic E-state index is 5.61. The summed E-state index contributed by atoms with van der Waals surface area (Å²) in [5.41, 5.74) is 0. The minimum Gasteiger partial charge on any atom is -0.383 e. The molecule has 0 aliphatic heterocycles. The highest BCUT2D eigenvalue weighted by molar-refractivity contribution is 6.28. The molecule has 0 fully saturated rings. The first-order valence-corrected chi connectivity index (χ1v) is 3.24. The molecule has 0 amide bonds. The van der Waals surface area contributed by atoms with Crippen LogP contribution in [0.4, 0.5) is 0 Å². The molecule has 0 spiro atoms. The van der Waals surface area contributed by atoms with Crippen LogP contribution in [0, 0.1) is 0 Å². The maximum Gasteiger partial charge on any atom is 0.224 e. The molecule has 0 saturated heterocycles. The van der Waals surface area contributed by atoms with Gasteiger partial charge in [0.15, 0.2) is 0 Å². The Bertz CT molecular complexity index is 201. The van der Waals surface area contributed by atoms with E-state index in [9.17, 15) is 0 Å². The topological polar surface area (TPSA) is 39.9 Å². The molecule has 10 heavy (non-hydrogen) atoms. The SMILES string of the molecule is COCCn1cnnc1Cl. The Hall–Kier alpha value is -0.610. The fourth-order valence-corrected chi connectivity index (χ4v) is 0.752. The first kappa shape index (κ1) is 7.50. The molecule has 1 heterocycles. The molecule has 0 unspecified atom stereocenters. The third-order valence-corrected chi connectivity index (χ3v) is 1.40. The van der Waals surface area contributed by atoms with E-state index in [4.69, 9.17) is 16.3 Å². The van der Waals surface area contributed by atoms with Crippen LogP contribution in [0.5, 0.6) is 0 Å². The van der Waals surface area contributed by atoms with Gasteiger partial charge in [-0.3, -0.25) is 0 Å². The molecule has 0 aromatic carbocycles. The van der Waals surface area contributed by atoms with Gasteiger partial charge in [0.2, 0.25) is 5.28 Å². The molecule has 4 nitrogen and oxygen atoms in total. The Labute approximate surface area is 63.8 Å². The zero-order valence-corrected chi connectivity index (χ0v) is 6.38. The molecule has 1 aromatic heterocycles. The normalized spacial score (nSPS) is 10.2. The fourth-order valence-electron chi connectivity index (χ4n) is 0.581. The summed E-state index contributed by atoms with van der Waals surface area (Å²) in [5, 5.41) is 7.59. The van der Waals surface area contributed by atoms with Crippen LogP contribution >= 0.6 is 11.6 Å². The van der Waals surface area contributed by atoms with Crippen molar-refractivity contribution in [1.82, 2.24) is 14.8 Å². The van der Waals surface area contributed by atoms with Crippen molar-refractivity contribution in [3.05, 3.63) is 11.6 Å². The monoisotopic (exact) mass is 161 g/mol. The predicted molar refractivity (Wildman–Crippen MR) is 36.9 cm³/mol. The van der Waals surface area contributed by atoms with Gasteiger partial charge in [0.1, 0.15) is 6.33 Å². The Balaban J connectivity index is 2.49. The molecule has 0 aliphatic carbocycles. The van der Waals surface area contributed by atoms with Crippen molar-refractivity contribution in [2.45, 2.75) is 6.54 Å². The molecule has 1 aromatic rings. The van der Waals surface area contributed by atoms with E-state index in [1.54, 1.807) is 18.0 Å². The summed E-state index contributed by atoms with van der Waals surface area (Å²) in [5.74, 6) is 0. The summed E-state index contributed by atoms with van der Waals surface area (Å²) in [6, 6.07) is 0. The van der Waals surface area contributed by atoms with Crippen LogP contribution in [0.1, 0.15) is 0 Å². The van der Waals surface area contributed by atoms with Gasteiger partial charge >= 0.3 is 0 Å². The smallest absolute Gasteiger partial charge is 0.224 e. The quantitative estimate of drug-likeness (QED) is 0.651. The average Bonchev–Trinajstić information content (AvgIpc) is 2.31. The second-order valence-corrected chi connectivity index (χ2v) is 2.12. The number of nitrogens with zero attached hydrogens (tertiary/aromatic N) is 3. The Morgan fingerprint density at radius 1 is 1.80 bits per heavy atom. The van der Waals surface area contributed by atoms with E-state index in [-0.39, 0.29) is 0 Å². The molecule has 5 heteroatoms. The van der Waals surface area contributed by atoms with Crippen LogP contribution in [0.2, 0.25) is 5.28 Å². The van der Waals surface area contributed by atoms with E-state index in [2.05, 4.69) is 10.2 Å². The van der Waals surface area contributed by atoms with Crippen LogP contribution in [0.25, 0.3) is 0 Å². The molecule has 0 saturated carbocycles. The zero-order valence-electron chi connectivity index (χ0n) is 5.62. The van der Waals surface area contributed by atoms with Gasteiger partial charge in [-0.2, -0.15) is 0 Å². The summed E-state index contributed by atoms with van der Waals surface area (Å²) < 4.78 is 6.55. The van der Waals surface area contributed by atoms with Crippen molar-refractivity contribution in [2.75, 3.05) is 13.7 Å². The molecule has 0 atom stereocenters. The van der Waals surface area contributed by atoms with Gasteiger partial charge in [-0.25, -0.2) is 0 Å². The maximum absolute atomic E-state index is 5.61. The van der Waals surface area contributed by atoms with Gasteiger partial charge < -0.3 is 9.30 Å². The van der Waals surface area contributed by atoms with Crippen LogP contribution in [-0.4, -0.2) is 28.5 Å². The molecule has 1 rings (SSSR count). The lowest BCUT2D eigenvalue weighted by atomic mass is 10.7. The summed E-state index contributed by atoms with van der Waals surface area (Å²) in [4.78, 5) is 0. The average molecular weight is 162 g/mol. The molecular weight excluding hydrogens is 154 g/mol. The number of hydrogen-bond donors (Lipinski definition) is 0. The van der Waals surface area contributed by atoms with Gasteiger partial charge in [-0.15, -0.1) is 10.2 Å². The second-order valence-electron chi connectivity index (χ2n) is 1.79. The van der Waals surface area contributed by atoms with Crippen molar-refractivity contribution in [1.29, 1.82) is 0 Å². The van der Waals surface area contributed by atoms with E-state index in [1.807, 2.05) is 0 Å². The first-order valence-electron chi connectivity index (χ1n) is 2.87. The molecule has 0 radical (unpaired) electrons. The third kappa shape index (κ3) is 1.68. The lowest BCUT2D eigenvalue weighted by Crippen LogP contribution is -2.02. The number of rotatable bonds is 3. The number of aromatic nitrogens is 3. The Morgan fingerprint density at radius 2 is 2.60 bits per heavy atom. The van der Waals surface area contributed by atoms with E-state index < -0.39 is 0 Å². The fraction of sp³-hybridized carbons (Fsp3) is 0.600. The number of hydrogen-bond acceptors (Lipinski definition) is 3. The molecular formula is C5H8ClN3O. The van der Waals surface area contributed by atoms with E-state index in [1.165, 1.54) is 0 Å². The first-order chi connectivity index (χ1) is 4.84. The zero-order chi connectivity index (χ0) is 7.40. The van der Waals surface area contributed by atoms with Crippen molar-refractivity contribution in [3.8, 4) is 0 Å². The lowest BCUT2D eigenvalue weighted by Gasteiger charge is -1.98. The highest BCUT2D eigenvalue weighted by atomic mass is 35.5. The summed E-state index contributed by atoms with van der Waals surface area (Å²) >= 11 is 5.61. The highest BCUT2D eigenvalue weighted by Crippen LogP contribution is 2.00. The summed E-state index contributed by atoms with van der Waals surface area (Å²) in [6.45, 7) is 1.32. The largest absolute Gasteiger partial charge is 0.383 e. The van der Waals surface area contributed by atoms with Gasteiger partial charge in [0, 0.05) is 13.7 Å². The minimum absolute atomic E-state index is 0.400. The van der Waals surface area contributed by atoms with Crippen LogP contribution in [0.3, 0.4) is 0 Å². The predicted octanol–water partition coefficient (Wildman–Crippen LogP) is 0.578. The number of halogens is 1. The summed E-state index contributed by atoms with van der Waals surface area (Å²) in [7, 11) is 1.64. The van der Waals surface area contributed by atoms with Gasteiger partial charge in [-0.05, 0) is 11.6 Å². The minimum atomic E-state index is 0.400. The van der Waals surface area contributed by atoms with Crippen LogP contribution < -0.4 is 0 Å². The van der Waals surface area contributed by atoms with E-state index in [0.717, 1.165) is 0 Å². The van der Waals surface area contributed by atoms with Crippen molar-refractivity contribution in [3.63, 3.8) is 0 Å². The number of methoxy groups -OCH3 is 1. The summed E-state index contributed by atoms with van der Waals surface area (Å²) in [6.07, 6.45) is 1.57. The van der Waals surface area contributed by atoms with Crippen molar-refractivity contribution in [2.24, 2.45) is 0 Å². The van der Waals surface area contributed by atoms with Crippen LogP contribution in [0.15, 0.2) is 6.33 Å². The standard InChI is InChI=1S/C5H8ClN3O/c1-10-3-2-9-4-7-8-5(9)6/h4H,2-3H2,1H3. The highest BCUT2D eigenvalue weighted by Gasteiger charge is 1.97. The Morgan fingerprint density at radius 3 is 3.10 bits per heavy atom. The Kier molecular flexibility index (Phi) is 2.65. The lowest BCUT2D eigenvalue weighted by molar-refractivity contribution is 0.187. The molecule has 0 bridgehead atoms. The van der Waals surface area contributed by atoms with E-state index >= 15 is 0 Å². The number of ether oxygens (including phenoxy) is 1. The van der Waals surface area contributed by atoms with Gasteiger partial charge in [0.25, 0.3) is 0 Å². The van der Waals surface area contributed by atoms with Gasteiger partial charge in [0.05, 0.1) is 6.61 Å². The van der Waals surface area contributed by atoms with Crippen molar-refractivity contribution >= 4 is 11.6 Å². The van der Waals surface area contributed by atoms with Gasteiger partial charge in [-0.1, -0.05) is 0 Å². The van der Waals surface area contributed by atoms with Crippen LogP contribution in [-0.2, 0) is 11.3 Å². The molecule has 0 N–H and O–H groups in total. The molecule has 0 aliphatic rings. The van der Waals surface area contributed by atoms with E-state index in [0.29, 0.717) is 18.4 Å². The third-order valence-electron chi connectivity index (χ3n) is 1.10. The second kappa shape index (κ2) is 3.53. The molecule has 56 valence electrons. The van der Waals surface area contributed by atoms with Crippen molar-refractivity contribution < 1.29 is 4.74 Å².